The van der Waals surface area contributed by atoms with E-state index in [2.05, 4.69) is 20.1 Å². The molecule has 0 aromatic heterocycles. The molecule has 2 amide bonds. The minimum absolute atomic E-state index is 0.183. The van der Waals surface area contributed by atoms with Crippen molar-refractivity contribution in [2.75, 3.05) is 26.3 Å². The molecule has 0 aliphatic carbocycles. The molecular weight excluding hydrogens is 442 g/mol. The molecule has 0 atom stereocenters. The molecule has 0 fully saturated rings. The predicted molar refractivity (Wildman–Crippen MR) is 91.7 cm³/mol. The SMILES string of the molecule is O=C(O)C=CC(=O)NCCNC(=O)c1cc(OCC(F)(F)F)ccc1OCC(F)(F)F. The Morgan fingerprint density at radius 3 is 2.06 bits per heavy atom. The van der Waals surface area contributed by atoms with Gasteiger partial charge in [-0.15, -0.1) is 0 Å². The van der Waals surface area contributed by atoms with E-state index in [0.29, 0.717) is 12.2 Å². The Labute approximate surface area is 170 Å². The molecule has 0 aliphatic heterocycles. The number of hydrogen-bond acceptors (Lipinski definition) is 5. The van der Waals surface area contributed by atoms with E-state index in [1.807, 2.05) is 0 Å². The summed E-state index contributed by atoms with van der Waals surface area (Å²) in [5.74, 6) is -4.14. The summed E-state index contributed by atoms with van der Waals surface area (Å²) in [7, 11) is 0. The van der Waals surface area contributed by atoms with Crippen molar-refractivity contribution in [3.05, 3.63) is 35.9 Å². The molecule has 172 valence electrons. The fourth-order valence-electron chi connectivity index (χ4n) is 1.89. The van der Waals surface area contributed by atoms with Crippen LogP contribution in [0.2, 0.25) is 0 Å². The van der Waals surface area contributed by atoms with Crippen LogP contribution in [0, 0.1) is 0 Å². The van der Waals surface area contributed by atoms with Crippen molar-refractivity contribution in [3.8, 4) is 11.5 Å². The van der Waals surface area contributed by atoms with Gasteiger partial charge in [0.15, 0.2) is 13.2 Å². The number of aliphatic carboxylic acids is 1. The lowest BCUT2D eigenvalue weighted by molar-refractivity contribution is -0.154. The lowest BCUT2D eigenvalue weighted by atomic mass is 10.1. The molecule has 1 aromatic rings. The molecule has 8 nitrogen and oxygen atoms in total. The van der Waals surface area contributed by atoms with Crippen molar-refractivity contribution in [1.82, 2.24) is 10.6 Å². The lowest BCUT2D eigenvalue weighted by Gasteiger charge is -2.15. The van der Waals surface area contributed by atoms with Gasteiger partial charge in [-0.05, 0) is 18.2 Å². The Morgan fingerprint density at radius 2 is 1.48 bits per heavy atom. The number of hydrogen-bond donors (Lipinski definition) is 3. The van der Waals surface area contributed by atoms with Gasteiger partial charge in [0.2, 0.25) is 5.91 Å². The number of alkyl halides is 6. The minimum Gasteiger partial charge on any atom is -0.484 e. The maximum Gasteiger partial charge on any atom is 0.422 e. The van der Waals surface area contributed by atoms with Gasteiger partial charge in [-0.2, -0.15) is 26.3 Å². The number of carboxylic acids is 1. The van der Waals surface area contributed by atoms with Gasteiger partial charge in [-0.3, -0.25) is 9.59 Å². The van der Waals surface area contributed by atoms with Gasteiger partial charge in [0.1, 0.15) is 11.5 Å². The van der Waals surface area contributed by atoms with Crippen molar-refractivity contribution in [2.45, 2.75) is 12.4 Å². The molecular formula is C17H16F6N2O6. The van der Waals surface area contributed by atoms with Crippen molar-refractivity contribution in [2.24, 2.45) is 0 Å². The van der Waals surface area contributed by atoms with E-state index < -0.39 is 60.4 Å². The van der Waals surface area contributed by atoms with Gasteiger partial charge in [0, 0.05) is 25.2 Å². The standard InChI is InChI=1S/C17H16F6N2O6/c18-16(19,20)8-30-10-1-2-12(31-9-17(21,22)23)11(7-10)15(29)25-6-5-24-13(26)3-4-14(27)28/h1-4,7H,5-6,8-9H2,(H,24,26)(H,25,29)(H,27,28). The second-order valence-electron chi connectivity index (χ2n) is 5.68. The monoisotopic (exact) mass is 458 g/mol. The van der Waals surface area contributed by atoms with Gasteiger partial charge in [0.05, 0.1) is 5.56 Å². The number of rotatable bonds is 10. The quantitative estimate of drug-likeness (QED) is 0.281. The number of benzene rings is 1. The fraction of sp³-hybridized carbons (Fsp3) is 0.353. The smallest absolute Gasteiger partial charge is 0.422 e. The third-order valence-electron chi connectivity index (χ3n) is 3.08. The summed E-state index contributed by atoms with van der Waals surface area (Å²) in [6.45, 7) is -3.86. The molecule has 0 radical (unpaired) electrons. The van der Waals surface area contributed by atoms with E-state index in [9.17, 15) is 40.7 Å². The molecule has 1 rings (SSSR count). The molecule has 0 aliphatic rings. The zero-order valence-electron chi connectivity index (χ0n) is 15.5. The molecule has 14 heteroatoms. The van der Waals surface area contributed by atoms with Crippen molar-refractivity contribution in [3.63, 3.8) is 0 Å². The molecule has 0 bridgehead atoms. The number of amides is 2. The first kappa shape index (κ1) is 25.6. The summed E-state index contributed by atoms with van der Waals surface area (Å²) in [5, 5.41) is 12.8. The zero-order chi connectivity index (χ0) is 23.7. The predicted octanol–water partition coefficient (Wildman–Crippen LogP) is 2.06. The summed E-state index contributed by atoms with van der Waals surface area (Å²) in [6.07, 6.45) is -8.12. The number of nitrogens with one attached hydrogen (secondary N) is 2. The second kappa shape index (κ2) is 11.1. The van der Waals surface area contributed by atoms with Crippen LogP contribution in [0.15, 0.2) is 30.4 Å². The van der Waals surface area contributed by atoms with E-state index >= 15 is 0 Å². The summed E-state index contributed by atoms with van der Waals surface area (Å²) in [4.78, 5) is 33.8. The molecule has 0 heterocycles. The molecule has 0 saturated heterocycles. The maximum atomic E-state index is 12.4. The third kappa shape index (κ3) is 11.3. The largest absolute Gasteiger partial charge is 0.484 e. The number of halogens is 6. The molecule has 0 unspecified atom stereocenters. The number of ether oxygens (including phenoxy) is 2. The van der Waals surface area contributed by atoms with Gasteiger partial charge >= 0.3 is 18.3 Å². The summed E-state index contributed by atoms with van der Waals surface area (Å²) < 4.78 is 83.0. The number of carbonyl (C=O) groups is 3. The topological polar surface area (TPSA) is 114 Å². The Bertz CT molecular complexity index is 822. The van der Waals surface area contributed by atoms with Crippen LogP contribution in [0.3, 0.4) is 0 Å². The van der Waals surface area contributed by atoms with Crippen LogP contribution in [0.25, 0.3) is 0 Å². The van der Waals surface area contributed by atoms with E-state index in [1.165, 1.54) is 0 Å². The van der Waals surface area contributed by atoms with Gasteiger partial charge < -0.3 is 25.2 Å². The van der Waals surface area contributed by atoms with Crippen LogP contribution in [0.5, 0.6) is 11.5 Å². The van der Waals surface area contributed by atoms with Crippen molar-refractivity contribution < 1.29 is 55.3 Å². The van der Waals surface area contributed by atoms with Gasteiger partial charge in [-0.25, -0.2) is 4.79 Å². The van der Waals surface area contributed by atoms with Crippen LogP contribution in [-0.4, -0.2) is 61.5 Å². The van der Waals surface area contributed by atoms with Crippen LogP contribution < -0.4 is 20.1 Å². The molecule has 3 N–H and O–H groups in total. The van der Waals surface area contributed by atoms with Crippen LogP contribution in [-0.2, 0) is 9.59 Å². The lowest BCUT2D eigenvalue weighted by Crippen LogP contribution is -2.34. The Balaban J connectivity index is 2.81. The van der Waals surface area contributed by atoms with Crippen molar-refractivity contribution >= 4 is 17.8 Å². The first-order valence-electron chi connectivity index (χ1n) is 8.27. The highest BCUT2D eigenvalue weighted by atomic mass is 19.4. The number of carboxylic acid groups (broad SMARTS) is 1. The van der Waals surface area contributed by atoms with Gasteiger partial charge in [0.25, 0.3) is 5.91 Å². The Morgan fingerprint density at radius 1 is 0.903 bits per heavy atom. The first-order chi connectivity index (χ1) is 14.3. The Hall–Kier alpha value is -3.45. The normalized spacial score (nSPS) is 11.8. The molecule has 0 saturated carbocycles. The highest BCUT2D eigenvalue weighted by molar-refractivity contribution is 5.97. The first-order valence-corrected chi connectivity index (χ1v) is 8.27. The summed E-state index contributed by atoms with van der Waals surface area (Å²) >= 11 is 0. The van der Waals surface area contributed by atoms with Gasteiger partial charge in [-0.1, -0.05) is 0 Å². The van der Waals surface area contributed by atoms with E-state index in [1.54, 1.807) is 0 Å². The molecule has 0 spiro atoms. The maximum absolute atomic E-state index is 12.4. The average Bonchev–Trinajstić information content (AvgIpc) is 2.65. The average molecular weight is 458 g/mol. The van der Waals surface area contributed by atoms with E-state index in [0.717, 1.165) is 18.2 Å². The number of carbonyl (C=O) groups excluding carboxylic acids is 2. The van der Waals surface area contributed by atoms with Crippen LogP contribution in [0.1, 0.15) is 10.4 Å². The molecule has 1 aromatic carbocycles. The van der Waals surface area contributed by atoms with Crippen LogP contribution in [0.4, 0.5) is 26.3 Å². The summed E-state index contributed by atoms with van der Waals surface area (Å²) in [5.41, 5.74) is -0.527. The zero-order valence-corrected chi connectivity index (χ0v) is 15.5. The van der Waals surface area contributed by atoms with Crippen LogP contribution >= 0.6 is 0 Å². The highest BCUT2D eigenvalue weighted by Gasteiger charge is 2.30. The molecule has 31 heavy (non-hydrogen) atoms. The van der Waals surface area contributed by atoms with Crippen molar-refractivity contribution in [1.29, 1.82) is 0 Å². The third-order valence-corrected chi connectivity index (χ3v) is 3.08. The highest BCUT2D eigenvalue weighted by Crippen LogP contribution is 2.27. The van der Waals surface area contributed by atoms with E-state index in [-0.39, 0.29) is 13.1 Å². The Kier molecular flexibility index (Phi) is 9.15. The second-order valence-corrected chi connectivity index (χ2v) is 5.68. The summed E-state index contributed by atoms with van der Waals surface area (Å²) in [6, 6.07) is 2.54. The van der Waals surface area contributed by atoms with E-state index in [4.69, 9.17) is 5.11 Å². The minimum atomic E-state index is -4.73. The fourth-order valence-corrected chi connectivity index (χ4v) is 1.89.